The zero-order valence-corrected chi connectivity index (χ0v) is 9.87. The number of hydrogen-bond donors (Lipinski definition) is 0. The van der Waals surface area contributed by atoms with Gasteiger partial charge in [-0.1, -0.05) is 13.8 Å². The van der Waals surface area contributed by atoms with Crippen LogP contribution in [0.1, 0.15) is 29.2 Å². The quantitative estimate of drug-likeness (QED) is 0.618. The molecule has 74 valence electrons. The summed E-state index contributed by atoms with van der Waals surface area (Å²) in [7, 11) is 2.19. The molecule has 0 saturated carbocycles. The second kappa shape index (κ2) is 4.77. The van der Waals surface area contributed by atoms with E-state index in [1.54, 1.807) is 10.4 Å². The lowest BCUT2D eigenvalue weighted by Gasteiger charge is -2.21. The molecule has 0 atom stereocenters. The molecule has 0 bridgehead atoms. The topological polar surface area (TPSA) is 3.24 Å². The molecular formula is C11H19NS. The molecule has 13 heavy (non-hydrogen) atoms. The Kier molecular flexibility index (Phi) is 3.94. The first-order valence-corrected chi connectivity index (χ1v) is 5.84. The van der Waals surface area contributed by atoms with Gasteiger partial charge in [0.05, 0.1) is 0 Å². The van der Waals surface area contributed by atoms with Gasteiger partial charge in [-0.25, -0.2) is 0 Å². The minimum absolute atomic E-state index is 1.16. The Morgan fingerprint density at radius 1 is 1.38 bits per heavy atom. The maximum Gasteiger partial charge on any atom is 0.0327 e. The van der Waals surface area contributed by atoms with E-state index >= 15 is 0 Å². The van der Waals surface area contributed by atoms with Crippen LogP contribution < -0.4 is 0 Å². The molecule has 0 spiro atoms. The molecule has 0 saturated heterocycles. The number of hydrogen-bond acceptors (Lipinski definition) is 2. The Hall–Kier alpha value is -0.340. The Morgan fingerprint density at radius 2 is 2.08 bits per heavy atom. The van der Waals surface area contributed by atoms with Crippen molar-refractivity contribution < 1.29 is 0 Å². The third kappa shape index (κ3) is 2.55. The smallest absolute Gasteiger partial charge is 0.0327 e. The molecule has 1 aliphatic rings. The molecule has 0 aromatic carbocycles. The lowest BCUT2D eigenvalue weighted by molar-refractivity contribution is 0.317. The molecule has 0 amide bonds. The fraction of sp³-hybridized carbons (Fsp3) is 0.636. The SMILES string of the molecule is CC.Cc1cc2c(s1)CN(C)CC2. The van der Waals surface area contributed by atoms with Gasteiger partial charge < -0.3 is 4.90 Å². The summed E-state index contributed by atoms with van der Waals surface area (Å²) in [6.07, 6.45) is 1.25. The fourth-order valence-corrected chi connectivity index (χ4v) is 2.76. The van der Waals surface area contributed by atoms with Gasteiger partial charge in [0, 0.05) is 22.8 Å². The number of nitrogens with zero attached hydrogens (tertiary/aromatic N) is 1. The normalized spacial score (nSPS) is 16.0. The molecule has 0 aliphatic carbocycles. The molecule has 2 heterocycles. The molecule has 0 radical (unpaired) electrons. The van der Waals surface area contributed by atoms with Gasteiger partial charge in [0.1, 0.15) is 0 Å². The monoisotopic (exact) mass is 197 g/mol. The van der Waals surface area contributed by atoms with Crippen LogP contribution in [0.5, 0.6) is 0 Å². The van der Waals surface area contributed by atoms with Crippen molar-refractivity contribution in [1.82, 2.24) is 4.90 Å². The van der Waals surface area contributed by atoms with Crippen molar-refractivity contribution >= 4 is 11.3 Å². The fourth-order valence-electron chi connectivity index (χ4n) is 1.60. The minimum Gasteiger partial charge on any atom is -0.301 e. The Morgan fingerprint density at radius 3 is 2.77 bits per heavy atom. The number of aryl methyl sites for hydroxylation is 1. The summed E-state index contributed by atoms with van der Waals surface area (Å²) in [5.74, 6) is 0. The highest BCUT2D eigenvalue weighted by atomic mass is 32.1. The lowest BCUT2D eigenvalue weighted by Crippen LogP contribution is -2.24. The van der Waals surface area contributed by atoms with E-state index < -0.39 is 0 Å². The third-order valence-corrected chi connectivity index (χ3v) is 3.27. The van der Waals surface area contributed by atoms with Crippen LogP contribution in [-0.2, 0) is 13.0 Å². The van der Waals surface area contributed by atoms with E-state index in [9.17, 15) is 0 Å². The molecule has 1 aromatic heterocycles. The first-order valence-electron chi connectivity index (χ1n) is 5.02. The highest BCUT2D eigenvalue weighted by Crippen LogP contribution is 2.26. The van der Waals surface area contributed by atoms with Crippen LogP contribution in [0.3, 0.4) is 0 Å². The van der Waals surface area contributed by atoms with Gasteiger partial charge in [0.2, 0.25) is 0 Å². The van der Waals surface area contributed by atoms with Gasteiger partial charge >= 0.3 is 0 Å². The van der Waals surface area contributed by atoms with Crippen molar-refractivity contribution in [2.24, 2.45) is 0 Å². The number of likely N-dealkylation sites (N-methyl/N-ethyl adjacent to an activating group) is 1. The van der Waals surface area contributed by atoms with E-state index in [0.717, 1.165) is 6.54 Å². The second-order valence-electron chi connectivity index (χ2n) is 3.29. The summed E-state index contributed by atoms with van der Waals surface area (Å²) in [5, 5.41) is 0. The molecule has 0 fully saturated rings. The number of fused-ring (bicyclic) bond motifs is 1. The Balaban J connectivity index is 0.000000396. The largest absolute Gasteiger partial charge is 0.301 e. The molecule has 1 aromatic rings. The number of thiophene rings is 1. The summed E-state index contributed by atoms with van der Waals surface area (Å²) in [6.45, 7) is 8.58. The molecule has 1 nitrogen and oxygen atoms in total. The van der Waals surface area contributed by atoms with Crippen LogP contribution in [-0.4, -0.2) is 18.5 Å². The lowest BCUT2D eigenvalue weighted by atomic mass is 10.1. The van der Waals surface area contributed by atoms with Crippen molar-refractivity contribution in [3.63, 3.8) is 0 Å². The van der Waals surface area contributed by atoms with Crippen LogP contribution in [0.4, 0.5) is 0 Å². The van der Waals surface area contributed by atoms with Crippen molar-refractivity contribution in [1.29, 1.82) is 0 Å². The molecule has 2 heteroatoms. The molecule has 0 unspecified atom stereocenters. The minimum atomic E-state index is 1.16. The Bertz CT molecular complexity index is 265. The van der Waals surface area contributed by atoms with Crippen LogP contribution in [0.2, 0.25) is 0 Å². The van der Waals surface area contributed by atoms with Crippen LogP contribution in [0, 0.1) is 6.92 Å². The van der Waals surface area contributed by atoms with Crippen LogP contribution in [0.25, 0.3) is 0 Å². The molecule has 2 rings (SSSR count). The summed E-state index contributed by atoms with van der Waals surface area (Å²) in [4.78, 5) is 5.43. The first-order chi connectivity index (χ1) is 6.25. The van der Waals surface area contributed by atoms with Gasteiger partial charge in [-0.05, 0) is 32.0 Å². The van der Waals surface area contributed by atoms with Crippen molar-refractivity contribution in [3.05, 3.63) is 21.4 Å². The average Bonchev–Trinajstić information content (AvgIpc) is 2.48. The molecular weight excluding hydrogens is 178 g/mol. The zero-order chi connectivity index (χ0) is 9.84. The average molecular weight is 197 g/mol. The maximum atomic E-state index is 2.39. The van der Waals surface area contributed by atoms with E-state index in [1.165, 1.54) is 17.8 Å². The van der Waals surface area contributed by atoms with Crippen molar-refractivity contribution in [2.45, 2.75) is 33.7 Å². The van der Waals surface area contributed by atoms with Gasteiger partial charge in [-0.15, -0.1) is 11.3 Å². The van der Waals surface area contributed by atoms with E-state index in [4.69, 9.17) is 0 Å². The van der Waals surface area contributed by atoms with Crippen molar-refractivity contribution in [2.75, 3.05) is 13.6 Å². The molecule has 0 N–H and O–H groups in total. The zero-order valence-electron chi connectivity index (χ0n) is 9.05. The predicted octanol–water partition coefficient (Wildman–Crippen LogP) is 3.07. The summed E-state index contributed by atoms with van der Waals surface area (Å²) in [6, 6.07) is 2.34. The van der Waals surface area contributed by atoms with Crippen LogP contribution in [0.15, 0.2) is 6.07 Å². The third-order valence-electron chi connectivity index (χ3n) is 2.20. The van der Waals surface area contributed by atoms with Gasteiger partial charge in [-0.2, -0.15) is 0 Å². The van der Waals surface area contributed by atoms with E-state index in [1.807, 2.05) is 25.2 Å². The first kappa shape index (κ1) is 10.7. The van der Waals surface area contributed by atoms with Crippen LogP contribution >= 0.6 is 11.3 Å². The highest BCUT2D eigenvalue weighted by Gasteiger charge is 2.14. The summed E-state index contributed by atoms with van der Waals surface area (Å²) >= 11 is 1.95. The van der Waals surface area contributed by atoms with Gasteiger partial charge in [0.15, 0.2) is 0 Å². The second-order valence-corrected chi connectivity index (χ2v) is 4.63. The maximum absolute atomic E-state index is 2.39. The Labute approximate surface area is 85.4 Å². The molecule has 1 aliphatic heterocycles. The highest BCUT2D eigenvalue weighted by molar-refractivity contribution is 7.12. The van der Waals surface area contributed by atoms with Gasteiger partial charge in [-0.3, -0.25) is 0 Å². The van der Waals surface area contributed by atoms with E-state index in [0.29, 0.717) is 0 Å². The predicted molar refractivity (Wildman–Crippen MR) is 60.4 cm³/mol. The van der Waals surface area contributed by atoms with E-state index in [-0.39, 0.29) is 0 Å². The summed E-state index contributed by atoms with van der Waals surface area (Å²) in [5.41, 5.74) is 1.59. The number of rotatable bonds is 0. The standard InChI is InChI=1S/C9H13NS.C2H6/c1-7-5-8-3-4-10(2)6-9(8)11-7;1-2/h5H,3-4,6H2,1-2H3;1-2H3. The van der Waals surface area contributed by atoms with Crippen molar-refractivity contribution in [3.8, 4) is 0 Å². The van der Waals surface area contributed by atoms with E-state index in [2.05, 4.69) is 24.9 Å². The van der Waals surface area contributed by atoms with Gasteiger partial charge in [0.25, 0.3) is 0 Å². The summed E-state index contributed by atoms with van der Waals surface area (Å²) < 4.78 is 0.